The first-order valence-corrected chi connectivity index (χ1v) is 11.5. The van der Waals surface area contributed by atoms with Gasteiger partial charge in [0.15, 0.2) is 0 Å². The lowest BCUT2D eigenvalue weighted by molar-refractivity contribution is 0.578. The average molecular weight is 397 g/mol. The summed E-state index contributed by atoms with van der Waals surface area (Å²) in [5.74, 6) is 0. The SMILES string of the molecule is Cc1cc(C)c(N(CCNS(=O)(=O)c2ccccc2)S(C)(=O)=O)c(C)c1. The van der Waals surface area contributed by atoms with Crippen molar-refractivity contribution < 1.29 is 16.8 Å². The summed E-state index contributed by atoms with van der Waals surface area (Å²) in [5, 5.41) is 0. The molecule has 0 fully saturated rings. The molecule has 0 aliphatic heterocycles. The fourth-order valence-corrected chi connectivity index (χ4v) is 5.06. The number of hydrogen-bond donors (Lipinski definition) is 1. The zero-order valence-electron chi connectivity index (χ0n) is 15.4. The molecule has 0 aliphatic rings. The summed E-state index contributed by atoms with van der Waals surface area (Å²) in [5.41, 5.74) is 3.30. The fraction of sp³-hybridized carbons (Fsp3) is 0.333. The highest BCUT2D eigenvalue weighted by Crippen LogP contribution is 2.28. The monoisotopic (exact) mass is 396 g/mol. The molecular weight excluding hydrogens is 372 g/mol. The molecule has 8 heteroatoms. The molecule has 0 saturated heterocycles. The van der Waals surface area contributed by atoms with Crippen molar-refractivity contribution in [2.24, 2.45) is 0 Å². The van der Waals surface area contributed by atoms with Gasteiger partial charge in [0.2, 0.25) is 20.0 Å². The predicted octanol–water partition coefficient (Wildman–Crippen LogP) is 2.36. The molecule has 0 atom stereocenters. The van der Waals surface area contributed by atoms with E-state index in [2.05, 4.69) is 4.72 Å². The summed E-state index contributed by atoms with van der Waals surface area (Å²) in [6.45, 7) is 5.62. The Morgan fingerprint density at radius 1 is 0.923 bits per heavy atom. The van der Waals surface area contributed by atoms with Gasteiger partial charge in [0.1, 0.15) is 0 Å². The molecule has 0 saturated carbocycles. The van der Waals surface area contributed by atoms with Gasteiger partial charge in [-0.25, -0.2) is 21.6 Å². The molecule has 142 valence electrons. The highest BCUT2D eigenvalue weighted by molar-refractivity contribution is 7.92. The van der Waals surface area contributed by atoms with Crippen molar-refractivity contribution in [2.75, 3.05) is 23.7 Å². The van der Waals surface area contributed by atoms with Crippen LogP contribution in [0.1, 0.15) is 16.7 Å². The Labute approximate surface area is 156 Å². The number of benzene rings is 2. The maximum absolute atomic E-state index is 12.3. The van der Waals surface area contributed by atoms with Crippen LogP contribution in [0, 0.1) is 20.8 Å². The van der Waals surface area contributed by atoms with Crippen LogP contribution in [0.25, 0.3) is 0 Å². The molecule has 6 nitrogen and oxygen atoms in total. The first-order chi connectivity index (χ1) is 12.0. The lowest BCUT2D eigenvalue weighted by atomic mass is 10.1. The van der Waals surface area contributed by atoms with Crippen LogP contribution in [0.5, 0.6) is 0 Å². The first kappa shape index (κ1) is 20.4. The van der Waals surface area contributed by atoms with Gasteiger partial charge >= 0.3 is 0 Å². The maximum Gasteiger partial charge on any atom is 0.240 e. The summed E-state index contributed by atoms with van der Waals surface area (Å²) in [6, 6.07) is 11.8. The summed E-state index contributed by atoms with van der Waals surface area (Å²) in [7, 11) is -7.24. The standard InChI is InChI=1S/C18H24N2O4S2/c1-14-12-15(2)18(16(3)13-14)20(25(4,21)22)11-10-19-26(23,24)17-8-6-5-7-9-17/h5-9,12-13,19H,10-11H2,1-4H3. The van der Waals surface area contributed by atoms with Gasteiger partial charge in [-0.1, -0.05) is 35.9 Å². The second-order valence-corrected chi connectivity index (χ2v) is 9.97. The van der Waals surface area contributed by atoms with Crippen molar-refractivity contribution in [3.8, 4) is 0 Å². The van der Waals surface area contributed by atoms with Crippen molar-refractivity contribution in [3.05, 3.63) is 59.2 Å². The number of hydrogen-bond acceptors (Lipinski definition) is 4. The molecule has 0 bridgehead atoms. The largest absolute Gasteiger partial charge is 0.269 e. The van der Waals surface area contributed by atoms with Gasteiger partial charge in [0.25, 0.3) is 0 Å². The van der Waals surface area contributed by atoms with Crippen LogP contribution in [0.15, 0.2) is 47.4 Å². The van der Waals surface area contributed by atoms with E-state index in [1.807, 2.05) is 32.9 Å². The number of rotatable bonds is 7. The third-order valence-corrected chi connectivity index (χ3v) is 6.59. The van der Waals surface area contributed by atoms with E-state index in [0.29, 0.717) is 5.69 Å². The third-order valence-electron chi connectivity index (χ3n) is 3.95. The van der Waals surface area contributed by atoms with E-state index in [1.165, 1.54) is 16.4 Å². The summed E-state index contributed by atoms with van der Waals surface area (Å²) < 4.78 is 52.9. The normalized spacial score (nSPS) is 12.2. The lowest BCUT2D eigenvalue weighted by Gasteiger charge is -2.26. The zero-order chi connectivity index (χ0) is 19.5. The summed E-state index contributed by atoms with van der Waals surface area (Å²) in [6.07, 6.45) is 1.12. The average Bonchev–Trinajstić information content (AvgIpc) is 2.52. The Bertz CT molecular complexity index is 962. The third kappa shape index (κ3) is 4.84. The molecule has 2 aromatic rings. The Kier molecular flexibility index (Phi) is 6.10. The van der Waals surface area contributed by atoms with Crippen molar-refractivity contribution in [1.29, 1.82) is 0 Å². The van der Waals surface area contributed by atoms with Gasteiger partial charge in [0.05, 0.1) is 16.8 Å². The van der Waals surface area contributed by atoms with Crippen LogP contribution >= 0.6 is 0 Å². The van der Waals surface area contributed by atoms with Crippen molar-refractivity contribution >= 4 is 25.7 Å². The van der Waals surface area contributed by atoms with Crippen LogP contribution in [-0.2, 0) is 20.0 Å². The van der Waals surface area contributed by atoms with E-state index in [1.54, 1.807) is 18.2 Å². The Morgan fingerprint density at radius 3 is 1.96 bits per heavy atom. The summed E-state index contributed by atoms with van der Waals surface area (Å²) in [4.78, 5) is 0.147. The van der Waals surface area contributed by atoms with E-state index in [-0.39, 0.29) is 18.0 Å². The van der Waals surface area contributed by atoms with Crippen LogP contribution in [0.2, 0.25) is 0 Å². The fourth-order valence-electron chi connectivity index (χ4n) is 2.97. The number of anilines is 1. The Balaban J connectivity index is 2.24. The molecule has 26 heavy (non-hydrogen) atoms. The molecule has 0 heterocycles. The molecule has 0 spiro atoms. The number of sulfonamides is 2. The molecule has 0 radical (unpaired) electrons. The molecule has 2 rings (SSSR count). The maximum atomic E-state index is 12.3. The second-order valence-electron chi connectivity index (χ2n) is 6.29. The molecule has 2 aromatic carbocycles. The minimum atomic E-state index is -3.68. The predicted molar refractivity (Wildman–Crippen MR) is 104 cm³/mol. The van der Waals surface area contributed by atoms with Crippen molar-refractivity contribution in [3.63, 3.8) is 0 Å². The molecular formula is C18H24N2O4S2. The molecule has 1 N–H and O–H groups in total. The summed E-state index contributed by atoms with van der Waals surface area (Å²) >= 11 is 0. The van der Waals surface area contributed by atoms with Crippen LogP contribution < -0.4 is 9.03 Å². The first-order valence-electron chi connectivity index (χ1n) is 8.12. The quantitative estimate of drug-likeness (QED) is 0.779. The zero-order valence-corrected chi connectivity index (χ0v) is 17.0. The molecule has 0 unspecified atom stereocenters. The minimum Gasteiger partial charge on any atom is -0.269 e. The molecule has 0 aliphatic carbocycles. The number of nitrogens with zero attached hydrogens (tertiary/aromatic N) is 1. The second kappa shape index (κ2) is 7.77. The highest BCUT2D eigenvalue weighted by atomic mass is 32.2. The van der Waals surface area contributed by atoms with Gasteiger partial charge in [-0.3, -0.25) is 4.31 Å². The van der Waals surface area contributed by atoms with E-state index in [0.717, 1.165) is 22.9 Å². The van der Waals surface area contributed by atoms with Crippen molar-refractivity contribution in [1.82, 2.24) is 4.72 Å². The van der Waals surface area contributed by atoms with Gasteiger partial charge in [-0.05, 0) is 44.0 Å². The Hall–Kier alpha value is -1.90. The lowest BCUT2D eigenvalue weighted by Crippen LogP contribution is -2.38. The van der Waals surface area contributed by atoms with Crippen LogP contribution in [-0.4, -0.2) is 36.2 Å². The minimum absolute atomic E-state index is 0.00956. The highest BCUT2D eigenvalue weighted by Gasteiger charge is 2.22. The molecule has 0 amide bonds. The van der Waals surface area contributed by atoms with E-state index < -0.39 is 20.0 Å². The van der Waals surface area contributed by atoms with Gasteiger partial charge < -0.3 is 0 Å². The number of aryl methyl sites for hydroxylation is 3. The van der Waals surface area contributed by atoms with Gasteiger partial charge in [0, 0.05) is 13.1 Å². The van der Waals surface area contributed by atoms with Crippen LogP contribution in [0.4, 0.5) is 5.69 Å². The van der Waals surface area contributed by atoms with Crippen LogP contribution in [0.3, 0.4) is 0 Å². The van der Waals surface area contributed by atoms with Gasteiger partial charge in [-0.2, -0.15) is 0 Å². The van der Waals surface area contributed by atoms with E-state index in [4.69, 9.17) is 0 Å². The topological polar surface area (TPSA) is 83.6 Å². The van der Waals surface area contributed by atoms with E-state index >= 15 is 0 Å². The van der Waals surface area contributed by atoms with Crippen molar-refractivity contribution in [2.45, 2.75) is 25.7 Å². The Morgan fingerprint density at radius 2 is 1.46 bits per heavy atom. The van der Waals surface area contributed by atoms with E-state index in [9.17, 15) is 16.8 Å². The smallest absolute Gasteiger partial charge is 0.240 e. The molecule has 0 aromatic heterocycles. The number of nitrogens with one attached hydrogen (secondary N) is 1. The van der Waals surface area contributed by atoms with Gasteiger partial charge in [-0.15, -0.1) is 0 Å².